The average Bonchev–Trinajstić information content (AvgIpc) is 3.40. The summed E-state index contributed by atoms with van der Waals surface area (Å²) in [5.41, 5.74) is 2.84. The van der Waals surface area contributed by atoms with Gasteiger partial charge in [-0.15, -0.1) is 10.2 Å². The number of carbonyl (C=O) groups is 1. The number of hydrogen-bond acceptors (Lipinski definition) is 5. The van der Waals surface area contributed by atoms with Crippen molar-refractivity contribution in [1.82, 2.24) is 19.7 Å². The highest BCUT2D eigenvalue weighted by atomic mass is 35.5. The first-order chi connectivity index (χ1) is 14.1. The van der Waals surface area contributed by atoms with Crippen molar-refractivity contribution in [2.24, 2.45) is 0 Å². The molecule has 29 heavy (non-hydrogen) atoms. The minimum absolute atomic E-state index is 0.0833. The predicted molar refractivity (Wildman–Crippen MR) is 113 cm³/mol. The smallest absolute Gasteiger partial charge is 0.319 e. The zero-order valence-corrected chi connectivity index (χ0v) is 17.1. The number of carbonyl (C=O) groups excluding carboxylic acids is 1. The number of esters is 1. The number of nitrogens with zero attached hydrogens (tertiary/aromatic N) is 3. The van der Waals surface area contributed by atoms with E-state index < -0.39 is 0 Å². The SMILES string of the molecule is C[C@@H]1C[C@H](Sc2nnc(-c3c[nH]c4ccccc34)n2-c2ccc(Cl)cc2)C(=O)O1. The van der Waals surface area contributed by atoms with Gasteiger partial charge in [-0.2, -0.15) is 0 Å². The number of benzene rings is 2. The summed E-state index contributed by atoms with van der Waals surface area (Å²) >= 11 is 7.47. The Morgan fingerprint density at radius 3 is 2.72 bits per heavy atom. The summed E-state index contributed by atoms with van der Waals surface area (Å²) < 4.78 is 7.27. The van der Waals surface area contributed by atoms with E-state index in [1.807, 2.05) is 66.2 Å². The lowest BCUT2D eigenvalue weighted by molar-refractivity contribution is -0.140. The molecule has 2 aromatic carbocycles. The van der Waals surface area contributed by atoms with E-state index >= 15 is 0 Å². The summed E-state index contributed by atoms with van der Waals surface area (Å²) in [7, 11) is 0. The molecule has 4 aromatic rings. The van der Waals surface area contributed by atoms with Crippen molar-refractivity contribution in [3.63, 3.8) is 0 Å². The number of H-pyrrole nitrogens is 1. The van der Waals surface area contributed by atoms with Gasteiger partial charge in [-0.3, -0.25) is 9.36 Å². The predicted octanol–water partition coefficient (Wildman–Crippen LogP) is 4.87. The van der Waals surface area contributed by atoms with Gasteiger partial charge in [-0.05, 0) is 37.3 Å². The maximum atomic E-state index is 12.2. The van der Waals surface area contributed by atoms with Crippen molar-refractivity contribution < 1.29 is 9.53 Å². The van der Waals surface area contributed by atoms with E-state index in [4.69, 9.17) is 16.3 Å². The van der Waals surface area contributed by atoms with Gasteiger partial charge in [0.2, 0.25) is 0 Å². The number of nitrogens with one attached hydrogen (secondary N) is 1. The van der Waals surface area contributed by atoms with Crippen molar-refractivity contribution in [3.8, 4) is 17.1 Å². The summed E-state index contributed by atoms with van der Waals surface area (Å²) in [5, 5.41) is 11.0. The van der Waals surface area contributed by atoms with Crippen LogP contribution in [0.1, 0.15) is 13.3 Å². The number of fused-ring (bicyclic) bond motifs is 1. The van der Waals surface area contributed by atoms with Crippen molar-refractivity contribution >= 4 is 40.2 Å². The van der Waals surface area contributed by atoms with Gasteiger partial charge in [0.05, 0.1) is 0 Å². The standard InChI is InChI=1S/C21H17ClN4O2S/c1-12-10-18(20(27)28-12)29-21-25-24-19(26(21)14-8-6-13(22)7-9-14)16-11-23-17-5-3-2-4-15(16)17/h2-9,11-12,18,23H,10H2,1H3/t12-,18+/m1/s1. The molecular formula is C21H17ClN4O2S. The molecule has 0 spiro atoms. The van der Waals surface area contributed by atoms with Crippen molar-refractivity contribution in [3.05, 3.63) is 59.8 Å². The summed E-state index contributed by atoms with van der Waals surface area (Å²) in [4.78, 5) is 15.5. The first-order valence-electron chi connectivity index (χ1n) is 9.25. The molecule has 3 heterocycles. The number of hydrogen-bond donors (Lipinski definition) is 1. The summed E-state index contributed by atoms with van der Waals surface area (Å²) in [6.07, 6.45) is 2.50. The number of cyclic esters (lactones) is 1. The van der Waals surface area contributed by atoms with Gasteiger partial charge < -0.3 is 9.72 Å². The van der Waals surface area contributed by atoms with Crippen LogP contribution in [0.15, 0.2) is 59.9 Å². The Balaban J connectivity index is 1.64. The molecule has 2 atom stereocenters. The number of aromatic amines is 1. The average molecular weight is 425 g/mol. The molecule has 0 bridgehead atoms. The summed E-state index contributed by atoms with van der Waals surface area (Å²) in [6, 6.07) is 15.5. The molecule has 0 radical (unpaired) electrons. The van der Waals surface area contributed by atoms with Crippen LogP contribution in [-0.4, -0.2) is 37.1 Å². The number of thioether (sulfide) groups is 1. The molecule has 1 aliphatic rings. The topological polar surface area (TPSA) is 72.8 Å². The second-order valence-corrected chi connectivity index (χ2v) is 8.56. The van der Waals surface area contributed by atoms with Crippen molar-refractivity contribution in [2.75, 3.05) is 0 Å². The maximum Gasteiger partial charge on any atom is 0.319 e. The van der Waals surface area contributed by atoms with Gasteiger partial charge in [-0.1, -0.05) is 41.6 Å². The normalized spacial score (nSPS) is 19.0. The molecule has 2 aromatic heterocycles. The van der Waals surface area contributed by atoms with Gasteiger partial charge in [0.25, 0.3) is 0 Å². The molecule has 1 N–H and O–H groups in total. The zero-order chi connectivity index (χ0) is 20.0. The first-order valence-corrected chi connectivity index (χ1v) is 10.5. The number of ether oxygens (including phenoxy) is 1. The highest BCUT2D eigenvalue weighted by Gasteiger charge is 2.34. The highest BCUT2D eigenvalue weighted by molar-refractivity contribution is 8.00. The van der Waals surface area contributed by atoms with Crippen LogP contribution in [0.2, 0.25) is 5.02 Å². The Morgan fingerprint density at radius 1 is 1.17 bits per heavy atom. The Labute approximate surface area is 176 Å². The third-order valence-electron chi connectivity index (χ3n) is 4.92. The van der Waals surface area contributed by atoms with E-state index in [2.05, 4.69) is 15.2 Å². The van der Waals surface area contributed by atoms with Crippen LogP contribution < -0.4 is 0 Å². The van der Waals surface area contributed by atoms with Crippen LogP contribution in [0.25, 0.3) is 28.0 Å². The van der Waals surface area contributed by atoms with Crippen LogP contribution in [0.4, 0.5) is 0 Å². The van der Waals surface area contributed by atoms with E-state index in [-0.39, 0.29) is 17.3 Å². The molecule has 0 saturated carbocycles. The molecule has 6 nitrogen and oxygen atoms in total. The molecular weight excluding hydrogens is 408 g/mol. The second kappa shape index (κ2) is 7.24. The Morgan fingerprint density at radius 2 is 1.97 bits per heavy atom. The second-order valence-electron chi connectivity index (χ2n) is 6.96. The molecule has 5 rings (SSSR count). The quantitative estimate of drug-likeness (QED) is 0.473. The fraction of sp³-hybridized carbons (Fsp3) is 0.190. The van der Waals surface area contributed by atoms with Gasteiger partial charge in [0, 0.05) is 39.8 Å². The molecule has 0 amide bonds. The van der Waals surface area contributed by atoms with Crippen LogP contribution in [0, 0.1) is 0 Å². The van der Waals surface area contributed by atoms with Crippen LogP contribution in [0.5, 0.6) is 0 Å². The Kier molecular flexibility index (Phi) is 4.56. The largest absolute Gasteiger partial charge is 0.462 e. The molecule has 1 aliphatic heterocycles. The lowest BCUT2D eigenvalue weighted by Gasteiger charge is -2.11. The number of halogens is 1. The van der Waals surface area contributed by atoms with E-state index in [0.29, 0.717) is 22.4 Å². The van der Waals surface area contributed by atoms with Gasteiger partial charge in [0.15, 0.2) is 11.0 Å². The molecule has 8 heteroatoms. The molecule has 146 valence electrons. The Hall–Kier alpha value is -2.77. The number of rotatable bonds is 4. The number of para-hydroxylation sites is 1. The van der Waals surface area contributed by atoms with E-state index in [1.165, 1.54) is 11.8 Å². The first kappa shape index (κ1) is 18.3. The molecule has 0 unspecified atom stereocenters. The van der Waals surface area contributed by atoms with E-state index in [1.54, 1.807) is 0 Å². The molecule has 0 aliphatic carbocycles. The van der Waals surface area contributed by atoms with Crippen molar-refractivity contribution in [1.29, 1.82) is 0 Å². The minimum atomic E-state index is -0.295. The van der Waals surface area contributed by atoms with Crippen LogP contribution in [0.3, 0.4) is 0 Å². The molecule has 1 fully saturated rings. The third kappa shape index (κ3) is 3.30. The minimum Gasteiger partial charge on any atom is -0.462 e. The fourth-order valence-corrected chi connectivity index (χ4v) is 4.83. The van der Waals surface area contributed by atoms with Crippen LogP contribution in [-0.2, 0) is 9.53 Å². The Bertz CT molecular complexity index is 1200. The zero-order valence-electron chi connectivity index (χ0n) is 15.5. The monoisotopic (exact) mass is 424 g/mol. The van der Waals surface area contributed by atoms with E-state index in [0.717, 1.165) is 22.2 Å². The van der Waals surface area contributed by atoms with Gasteiger partial charge in [-0.25, -0.2) is 0 Å². The highest BCUT2D eigenvalue weighted by Crippen LogP contribution is 2.36. The van der Waals surface area contributed by atoms with Gasteiger partial charge in [0.1, 0.15) is 11.4 Å². The fourth-order valence-electron chi connectivity index (χ4n) is 3.54. The summed E-state index contributed by atoms with van der Waals surface area (Å²) in [6.45, 7) is 1.90. The lowest BCUT2D eigenvalue weighted by atomic mass is 10.1. The van der Waals surface area contributed by atoms with Gasteiger partial charge >= 0.3 is 5.97 Å². The number of aromatic nitrogens is 4. The van der Waals surface area contributed by atoms with E-state index in [9.17, 15) is 4.79 Å². The molecule has 1 saturated heterocycles. The summed E-state index contributed by atoms with van der Waals surface area (Å²) in [5.74, 6) is 0.494. The maximum absolute atomic E-state index is 12.2. The lowest BCUT2D eigenvalue weighted by Crippen LogP contribution is -2.11. The van der Waals surface area contributed by atoms with Crippen LogP contribution >= 0.6 is 23.4 Å². The third-order valence-corrected chi connectivity index (χ3v) is 6.32. The van der Waals surface area contributed by atoms with Crippen molar-refractivity contribution in [2.45, 2.75) is 29.9 Å².